The van der Waals surface area contributed by atoms with Crippen molar-refractivity contribution in [2.24, 2.45) is 0 Å². The summed E-state index contributed by atoms with van der Waals surface area (Å²) in [6.45, 7) is 6.51. The van der Waals surface area contributed by atoms with Gasteiger partial charge in [-0.3, -0.25) is 4.79 Å². The normalized spacial score (nSPS) is 16.0. The molecule has 0 fully saturated rings. The molecular weight excluding hydrogens is 348 g/mol. The molecule has 1 aliphatic heterocycles. The molecule has 138 valence electrons. The van der Waals surface area contributed by atoms with Crippen LogP contribution in [0.3, 0.4) is 0 Å². The number of anilines is 1. The summed E-state index contributed by atoms with van der Waals surface area (Å²) in [7, 11) is -0.631. The Labute approximate surface area is 155 Å². The second-order valence-electron chi connectivity index (χ2n) is 7.56. The predicted octanol–water partition coefficient (Wildman–Crippen LogP) is 3.18. The highest BCUT2D eigenvalue weighted by Crippen LogP contribution is 2.40. The maximum Gasteiger partial charge on any atom is 0.258 e. The van der Waals surface area contributed by atoms with E-state index in [9.17, 15) is 13.2 Å². The minimum atomic E-state index is -3.61. The van der Waals surface area contributed by atoms with Gasteiger partial charge >= 0.3 is 0 Å². The lowest BCUT2D eigenvalue weighted by Gasteiger charge is -2.21. The van der Waals surface area contributed by atoms with E-state index in [0.29, 0.717) is 17.7 Å². The Bertz CT molecular complexity index is 978. The van der Waals surface area contributed by atoms with Crippen LogP contribution in [0.5, 0.6) is 0 Å². The lowest BCUT2D eigenvalue weighted by atomic mass is 9.87. The number of benzene rings is 2. The zero-order valence-corrected chi connectivity index (χ0v) is 16.6. The molecule has 2 aromatic rings. The number of nitrogens with zero attached hydrogens (tertiary/aromatic N) is 2. The molecule has 1 amide bonds. The molecule has 3 rings (SSSR count). The van der Waals surface area contributed by atoms with E-state index in [-0.39, 0.29) is 16.2 Å². The van der Waals surface area contributed by atoms with Crippen molar-refractivity contribution in [1.82, 2.24) is 4.31 Å². The highest BCUT2D eigenvalue weighted by atomic mass is 32.2. The first kappa shape index (κ1) is 18.6. The molecule has 1 heterocycles. The topological polar surface area (TPSA) is 57.7 Å². The first-order chi connectivity index (χ1) is 12.1. The fourth-order valence-corrected chi connectivity index (χ4v) is 4.54. The largest absolute Gasteiger partial charge is 0.307 e. The summed E-state index contributed by atoms with van der Waals surface area (Å²) in [6, 6.07) is 12.7. The Balaban J connectivity index is 2.06. The van der Waals surface area contributed by atoms with Crippen molar-refractivity contribution < 1.29 is 13.2 Å². The fraction of sp³-hybridized carbons (Fsp3) is 0.350. The highest BCUT2D eigenvalue weighted by Gasteiger charge is 2.38. The fourth-order valence-electron chi connectivity index (χ4n) is 3.39. The van der Waals surface area contributed by atoms with E-state index in [1.807, 2.05) is 24.3 Å². The quantitative estimate of drug-likeness (QED) is 0.831. The summed E-state index contributed by atoms with van der Waals surface area (Å²) in [5.74, 6) is -0.182. The number of para-hydroxylation sites is 1. The Kier molecular flexibility index (Phi) is 4.45. The van der Waals surface area contributed by atoms with E-state index in [2.05, 4.69) is 13.8 Å². The van der Waals surface area contributed by atoms with Crippen molar-refractivity contribution in [2.45, 2.75) is 31.1 Å². The van der Waals surface area contributed by atoms with Crippen LogP contribution in [0.25, 0.3) is 0 Å². The SMILES string of the molecule is Cc1ccc(C(=O)N2CC(C)(C)c3ccccc32)cc1S(=O)(=O)N(C)C. The van der Waals surface area contributed by atoms with E-state index < -0.39 is 10.0 Å². The van der Waals surface area contributed by atoms with Gasteiger partial charge in [0.05, 0.1) is 4.90 Å². The molecule has 26 heavy (non-hydrogen) atoms. The predicted molar refractivity (Wildman–Crippen MR) is 103 cm³/mol. The number of amides is 1. The van der Waals surface area contributed by atoms with Crippen LogP contribution in [0.1, 0.15) is 35.3 Å². The number of carbonyl (C=O) groups is 1. The Morgan fingerprint density at radius 3 is 2.42 bits per heavy atom. The van der Waals surface area contributed by atoms with Gasteiger partial charge in [0.1, 0.15) is 0 Å². The first-order valence-electron chi connectivity index (χ1n) is 8.50. The minimum absolute atomic E-state index is 0.143. The van der Waals surface area contributed by atoms with Gasteiger partial charge in [-0.25, -0.2) is 12.7 Å². The van der Waals surface area contributed by atoms with Crippen LogP contribution < -0.4 is 4.90 Å². The molecule has 0 bridgehead atoms. The lowest BCUT2D eigenvalue weighted by Crippen LogP contribution is -2.34. The van der Waals surface area contributed by atoms with Crippen molar-refractivity contribution in [3.8, 4) is 0 Å². The monoisotopic (exact) mass is 372 g/mol. The van der Waals surface area contributed by atoms with Gasteiger partial charge in [0.15, 0.2) is 0 Å². The number of hydrogen-bond donors (Lipinski definition) is 0. The van der Waals surface area contributed by atoms with Crippen LogP contribution in [-0.4, -0.2) is 39.3 Å². The number of hydrogen-bond acceptors (Lipinski definition) is 3. The molecule has 0 aromatic heterocycles. The molecule has 0 saturated carbocycles. The van der Waals surface area contributed by atoms with E-state index in [1.165, 1.54) is 20.2 Å². The van der Waals surface area contributed by atoms with Crippen LogP contribution in [0.15, 0.2) is 47.4 Å². The zero-order chi connectivity index (χ0) is 19.3. The molecule has 0 unspecified atom stereocenters. The summed E-state index contributed by atoms with van der Waals surface area (Å²) in [4.78, 5) is 15.1. The zero-order valence-electron chi connectivity index (χ0n) is 15.8. The van der Waals surface area contributed by atoms with Crippen molar-refractivity contribution in [3.63, 3.8) is 0 Å². The third kappa shape index (κ3) is 2.93. The summed E-state index contributed by atoms with van der Waals surface area (Å²) < 4.78 is 26.3. The van der Waals surface area contributed by atoms with Crippen LogP contribution >= 0.6 is 0 Å². The highest BCUT2D eigenvalue weighted by molar-refractivity contribution is 7.89. The van der Waals surface area contributed by atoms with Crippen LogP contribution in [0.4, 0.5) is 5.69 Å². The third-order valence-corrected chi connectivity index (χ3v) is 6.87. The summed E-state index contributed by atoms with van der Waals surface area (Å²) in [5.41, 5.74) is 2.87. The van der Waals surface area contributed by atoms with Crippen LogP contribution in [-0.2, 0) is 15.4 Å². The second kappa shape index (κ2) is 6.21. The van der Waals surface area contributed by atoms with Gasteiger partial charge in [-0.05, 0) is 36.2 Å². The van der Waals surface area contributed by atoms with Gasteiger partial charge in [0, 0.05) is 37.3 Å². The van der Waals surface area contributed by atoms with Gasteiger partial charge in [-0.2, -0.15) is 0 Å². The van der Waals surface area contributed by atoms with Crippen molar-refractivity contribution >= 4 is 21.6 Å². The van der Waals surface area contributed by atoms with Crippen LogP contribution in [0.2, 0.25) is 0 Å². The number of rotatable bonds is 3. The van der Waals surface area contributed by atoms with Gasteiger partial charge in [-0.1, -0.05) is 38.1 Å². The standard InChI is InChI=1S/C20H24N2O3S/c1-14-10-11-15(12-18(14)26(24,25)21(4)5)19(23)22-13-20(2,3)16-8-6-7-9-17(16)22/h6-12H,13H2,1-5H3. The molecule has 2 aromatic carbocycles. The van der Waals surface area contributed by atoms with E-state index >= 15 is 0 Å². The number of carbonyl (C=O) groups excluding carboxylic acids is 1. The smallest absolute Gasteiger partial charge is 0.258 e. The molecule has 0 spiro atoms. The summed E-state index contributed by atoms with van der Waals surface area (Å²) in [6.07, 6.45) is 0. The third-order valence-electron chi connectivity index (χ3n) is 4.92. The number of sulfonamides is 1. The molecule has 0 aliphatic carbocycles. The summed E-state index contributed by atoms with van der Waals surface area (Å²) in [5, 5.41) is 0. The van der Waals surface area contributed by atoms with Gasteiger partial charge < -0.3 is 4.90 Å². The maximum atomic E-state index is 13.2. The maximum absolute atomic E-state index is 13.2. The van der Waals surface area contributed by atoms with Gasteiger partial charge in [0.25, 0.3) is 5.91 Å². The Morgan fingerprint density at radius 1 is 1.12 bits per heavy atom. The molecule has 0 radical (unpaired) electrons. The molecule has 0 N–H and O–H groups in total. The average Bonchev–Trinajstić information content (AvgIpc) is 2.86. The molecular formula is C20H24N2O3S. The Morgan fingerprint density at radius 2 is 1.77 bits per heavy atom. The molecule has 5 nitrogen and oxygen atoms in total. The average molecular weight is 372 g/mol. The van der Waals surface area contributed by atoms with Crippen molar-refractivity contribution in [3.05, 3.63) is 59.2 Å². The van der Waals surface area contributed by atoms with E-state index in [0.717, 1.165) is 15.6 Å². The van der Waals surface area contributed by atoms with Crippen LogP contribution in [0, 0.1) is 6.92 Å². The first-order valence-corrected chi connectivity index (χ1v) is 9.94. The number of aryl methyl sites for hydroxylation is 1. The molecule has 1 aliphatic rings. The van der Waals surface area contributed by atoms with Crippen molar-refractivity contribution in [2.75, 3.05) is 25.5 Å². The molecule has 6 heteroatoms. The van der Waals surface area contributed by atoms with Gasteiger partial charge in [0.2, 0.25) is 10.0 Å². The minimum Gasteiger partial charge on any atom is -0.307 e. The van der Waals surface area contributed by atoms with E-state index in [4.69, 9.17) is 0 Å². The van der Waals surface area contributed by atoms with E-state index in [1.54, 1.807) is 24.0 Å². The van der Waals surface area contributed by atoms with Gasteiger partial charge in [-0.15, -0.1) is 0 Å². The lowest BCUT2D eigenvalue weighted by molar-refractivity contribution is 0.0985. The Hall–Kier alpha value is -2.18. The number of fused-ring (bicyclic) bond motifs is 1. The molecule has 0 saturated heterocycles. The molecule has 0 atom stereocenters. The summed E-state index contributed by atoms with van der Waals surface area (Å²) >= 11 is 0. The van der Waals surface area contributed by atoms with Crippen molar-refractivity contribution in [1.29, 1.82) is 0 Å². The second-order valence-corrected chi connectivity index (χ2v) is 9.68.